The van der Waals surface area contributed by atoms with Gasteiger partial charge in [0.2, 0.25) is 0 Å². The quantitative estimate of drug-likeness (QED) is 0.327. The van der Waals surface area contributed by atoms with Crippen LogP contribution >= 0.6 is 11.3 Å². The average molecular weight is 539 g/mol. The number of nitrogens with two attached hydrogens (primary N) is 2. The molecule has 9 nitrogen and oxygen atoms in total. The number of hydrogen-bond donors (Lipinski definition) is 4. The molecule has 0 aliphatic carbocycles. The number of benzene rings is 1. The number of carbonyl (C=O) groups is 1. The first-order valence-corrected chi connectivity index (χ1v) is 14.4. The van der Waals surface area contributed by atoms with Gasteiger partial charge in [-0.3, -0.25) is 4.79 Å². The standard InChI is InChI=1S/C28H38N6O3S/c1-2-3-19-16-23(32-28-24(19)25(29)26(38-28)27(30)36)34-10-8-20(9-11-34)31-17-22(35)18-4-6-21(7-5-18)33-12-14-37-15-13-33/h4-7,16,20,22,31,35H,2-3,8-15,17,29H2,1H3,(H2,30,36). The van der Waals surface area contributed by atoms with Crippen molar-refractivity contribution in [3.63, 3.8) is 0 Å². The van der Waals surface area contributed by atoms with E-state index in [0.29, 0.717) is 23.2 Å². The number of aliphatic hydroxyl groups is 1. The van der Waals surface area contributed by atoms with Crippen LogP contribution < -0.4 is 26.6 Å². The smallest absolute Gasteiger partial charge is 0.260 e. The molecule has 3 aromatic rings. The van der Waals surface area contributed by atoms with Crippen LogP contribution in [0.5, 0.6) is 0 Å². The minimum atomic E-state index is -0.545. The van der Waals surface area contributed by atoms with Crippen molar-refractivity contribution in [1.29, 1.82) is 0 Å². The van der Waals surface area contributed by atoms with Gasteiger partial charge in [-0.25, -0.2) is 4.98 Å². The number of aryl methyl sites for hydroxylation is 1. The van der Waals surface area contributed by atoms with Gasteiger partial charge in [-0.15, -0.1) is 11.3 Å². The second kappa shape index (κ2) is 11.9. The molecule has 6 N–H and O–H groups in total. The highest BCUT2D eigenvalue weighted by Gasteiger charge is 2.24. The Morgan fingerprint density at radius 3 is 2.55 bits per heavy atom. The van der Waals surface area contributed by atoms with Crippen LogP contribution in [0.4, 0.5) is 17.2 Å². The lowest BCUT2D eigenvalue weighted by atomic mass is 10.0. The normalized spacial score (nSPS) is 17.7. The summed E-state index contributed by atoms with van der Waals surface area (Å²) >= 11 is 1.28. The number of primary amides is 1. The fourth-order valence-corrected chi connectivity index (χ4v) is 6.42. The monoisotopic (exact) mass is 538 g/mol. The molecule has 2 saturated heterocycles. The Labute approximate surface area is 227 Å². The number of thiophene rings is 1. The third kappa shape index (κ3) is 5.73. The molecular weight excluding hydrogens is 500 g/mol. The maximum atomic E-state index is 11.8. The van der Waals surface area contributed by atoms with Gasteiger partial charge in [-0.05, 0) is 48.6 Å². The van der Waals surface area contributed by atoms with Gasteiger partial charge in [-0.1, -0.05) is 25.5 Å². The van der Waals surface area contributed by atoms with Crippen molar-refractivity contribution in [3.8, 4) is 0 Å². The number of nitrogens with one attached hydrogen (secondary N) is 1. The van der Waals surface area contributed by atoms with Crippen molar-refractivity contribution in [1.82, 2.24) is 10.3 Å². The number of nitrogens with zero attached hydrogens (tertiary/aromatic N) is 3. The first-order chi connectivity index (χ1) is 18.4. The van der Waals surface area contributed by atoms with E-state index >= 15 is 0 Å². The molecule has 5 rings (SSSR count). The van der Waals surface area contributed by atoms with Gasteiger partial charge >= 0.3 is 0 Å². The largest absolute Gasteiger partial charge is 0.397 e. The molecule has 0 spiro atoms. The number of hydrogen-bond acceptors (Lipinski definition) is 9. The number of fused-ring (bicyclic) bond motifs is 1. The summed E-state index contributed by atoms with van der Waals surface area (Å²) in [4.78, 5) is 22.5. The number of amides is 1. The molecule has 2 aliphatic rings. The van der Waals surface area contributed by atoms with Crippen LogP contribution in [0.2, 0.25) is 0 Å². The zero-order chi connectivity index (χ0) is 26.6. The molecule has 1 atom stereocenters. The first kappa shape index (κ1) is 26.7. The van der Waals surface area contributed by atoms with Crippen LogP contribution in [0, 0.1) is 0 Å². The highest BCUT2D eigenvalue weighted by molar-refractivity contribution is 7.21. The van der Waals surface area contributed by atoms with Crippen LogP contribution in [0.1, 0.15) is 53.1 Å². The van der Waals surface area contributed by atoms with E-state index < -0.39 is 12.0 Å². The highest BCUT2D eigenvalue weighted by Crippen LogP contribution is 2.37. The summed E-state index contributed by atoms with van der Waals surface area (Å²) in [6, 6.07) is 10.7. The van der Waals surface area contributed by atoms with Gasteiger partial charge in [0, 0.05) is 49.8 Å². The lowest BCUT2D eigenvalue weighted by Gasteiger charge is -2.34. The Bertz CT molecular complexity index is 1250. The SMILES string of the molecule is CCCc1cc(N2CCC(NCC(O)c3ccc(N4CCOCC4)cc3)CC2)nc2sc(C(N)=O)c(N)c12. The van der Waals surface area contributed by atoms with Gasteiger partial charge in [0.25, 0.3) is 5.91 Å². The topological polar surface area (TPSA) is 130 Å². The number of anilines is 3. The van der Waals surface area contributed by atoms with E-state index in [1.807, 2.05) is 12.1 Å². The number of nitrogen functional groups attached to an aromatic ring is 1. The van der Waals surface area contributed by atoms with Gasteiger partial charge in [0.15, 0.2) is 0 Å². The molecule has 1 aromatic carbocycles. The van der Waals surface area contributed by atoms with Crippen LogP contribution in [-0.2, 0) is 11.2 Å². The summed E-state index contributed by atoms with van der Waals surface area (Å²) in [6.45, 7) is 7.73. The zero-order valence-electron chi connectivity index (χ0n) is 22.0. The molecule has 1 unspecified atom stereocenters. The molecule has 1 amide bonds. The van der Waals surface area contributed by atoms with Crippen molar-refractivity contribution >= 4 is 44.7 Å². The molecular formula is C28H38N6O3S. The van der Waals surface area contributed by atoms with Crippen LogP contribution in [0.3, 0.4) is 0 Å². The summed E-state index contributed by atoms with van der Waals surface area (Å²) in [5.41, 5.74) is 15.5. The minimum absolute atomic E-state index is 0.339. The number of carbonyl (C=O) groups excluding carboxylic acids is 1. The number of morpholine rings is 1. The van der Waals surface area contributed by atoms with E-state index in [-0.39, 0.29) is 0 Å². The van der Waals surface area contributed by atoms with E-state index in [0.717, 1.165) is 92.2 Å². The van der Waals surface area contributed by atoms with Crippen molar-refractivity contribution in [2.75, 3.05) is 61.5 Å². The van der Waals surface area contributed by atoms with E-state index in [2.05, 4.69) is 40.2 Å². The lowest BCUT2D eigenvalue weighted by Crippen LogP contribution is -2.44. The van der Waals surface area contributed by atoms with Crippen LogP contribution in [0.25, 0.3) is 10.2 Å². The van der Waals surface area contributed by atoms with Crippen molar-refractivity contribution < 1.29 is 14.6 Å². The van der Waals surface area contributed by atoms with E-state index in [9.17, 15) is 9.90 Å². The maximum absolute atomic E-state index is 11.8. The van der Waals surface area contributed by atoms with Gasteiger partial charge in [-0.2, -0.15) is 0 Å². The lowest BCUT2D eigenvalue weighted by molar-refractivity contribution is 0.100. The predicted molar refractivity (Wildman–Crippen MR) is 154 cm³/mol. The number of ether oxygens (including phenoxy) is 1. The summed E-state index contributed by atoms with van der Waals surface area (Å²) < 4.78 is 5.43. The third-order valence-corrected chi connectivity index (χ3v) is 8.70. The number of pyridine rings is 1. The Morgan fingerprint density at radius 1 is 1.18 bits per heavy atom. The number of aromatic nitrogens is 1. The second-order valence-electron chi connectivity index (χ2n) is 10.2. The fourth-order valence-electron chi connectivity index (χ4n) is 5.43. The molecule has 4 heterocycles. The molecule has 2 fully saturated rings. The van der Waals surface area contributed by atoms with Crippen molar-refractivity contribution in [3.05, 3.63) is 46.3 Å². The third-order valence-electron chi connectivity index (χ3n) is 7.58. The van der Waals surface area contributed by atoms with Gasteiger partial charge < -0.3 is 36.4 Å². The number of rotatable bonds is 9. The molecule has 38 heavy (non-hydrogen) atoms. The first-order valence-electron chi connectivity index (χ1n) is 13.5. The molecule has 0 radical (unpaired) electrons. The summed E-state index contributed by atoms with van der Waals surface area (Å²) in [7, 11) is 0. The molecule has 204 valence electrons. The van der Waals surface area contributed by atoms with Crippen molar-refractivity contribution in [2.24, 2.45) is 5.73 Å². The molecule has 2 aliphatic heterocycles. The Kier molecular flexibility index (Phi) is 8.32. The Balaban J connectivity index is 1.17. The molecule has 0 bridgehead atoms. The van der Waals surface area contributed by atoms with Crippen LogP contribution in [-0.4, -0.2) is 68.0 Å². The predicted octanol–water partition coefficient (Wildman–Crippen LogP) is 3.06. The van der Waals surface area contributed by atoms with E-state index in [1.54, 1.807) is 0 Å². The Hall–Kier alpha value is -2.92. The van der Waals surface area contributed by atoms with E-state index in [1.165, 1.54) is 17.0 Å². The maximum Gasteiger partial charge on any atom is 0.260 e. The van der Waals surface area contributed by atoms with Crippen LogP contribution in [0.15, 0.2) is 30.3 Å². The zero-order valence-corrected chi connectivity index (χ0v) is 22.8. The van der Waals surface area contributed by atoms with Crippen molar-refractivity contribution in [2.45, 2.75) is 44.8 Å². The average Bonchev–Trinajstić information content (AvgIpc) is 3.29. The molecule has 0 saturated carbocycles. The minimum Gasteiger partial charge on any atom is -0.397 e. The molecule has 2 aromatic heterocycles. The molecule has 10 heteroatoms. The number of aliphatic hydroxyl groups excluding tert-OH is 1. The number of piperidine rings is 1. The van der Waals surface area contributed by atoms with Gasteiger partial charge in [0.1, 0.15) is 15.5 Å². The second-order valence-corrected chi connectivity index (χ2v) is 11.2. The Morgan fingerprint density at radius 2 is 1.89 bits per heavy atom. The summed E-state index contributed by atoms with van der Waals surface area (Å²) in [5.74, 6) is 0.425. The van der Waals surface area contributed by atoms with Gasteiger partial charge in [0.05, 0.1) is 25.0 Å². The fraction of sp³-hybridized carbons (Fsp3) is 0.500. The summed E-state index contributed by atoms with van der Waals surface area (Å²) in [5, 5.41) is 15.2. The van der Waals surface area contributed by atoms with E-state index in [4.69, 9.17) is 21.2 Å². The summed E-state index contributed by atoms with van der Waals surface area (Å²) in [6.07, 6.45) is 3.23. The highest BCUT2D eigenvalue weighted by atomic mass is 32.1.